The third kappa shape index (κ3) is 2.98. The lowest BCUT2D eigenvalue weighted by Crippen LogP contribution is -2.43. The molecular weight excluding hydrogens is 322 g/mol. The summed E-state index contributed by atoms with van der Waals surface area (Å²) in [6.07, 6.45) is 3.97. The fourth-order valence-electron chi connectivity index (χ4n) is 3.74. The lowest BCUT2D eigenvalue weighted by molar-refractivity contribution is 0.208. The van der Waals surface area contributed by atoms with E-state index in [9.17, 15) is 5.21 Å². The molecule has 130 valence electrons. The molecule has 0 atom stereocenters. The molecule has 0 unspecified atom stereocenters. The van der Waals surface area contributed by atoms with E-state index in [0.717, 1.165) is 48.4 Å². The van der Waals surface area contributed by atoms with Crippen LogP contribution < -0.4 is 0 Å². The molecule has 1 aliphatic carbocycles. The molecule has 0 radical (unpaired) electrons. The van der Waals surface area contributed by atoms with Crippen molar-refractivity contribution in [3.8, 4) is 6.07 Å². The monoisotopic (exact) mass is 343 g/mol. The standard InChI is InChI=1S/C22H21N3O/c1-24-12-14-25(15-13-24)22-16-17-6-2-3-7-18(17)20(10-11-23-26)19-8-4-5-9-21(19)22/h2-10,16H,12-15H2,1H3/b20-10+. The Labute approximate surface area is 154 Å². The van der Waals surface area contributed by atoms with Gasteiger partial charge in [0.05, 0.1) is 6.08 Å². The van der Waals surface area contributed by atoms with Gasteiger partial charge in [0, 0.05) is 48.0 Å². The molecule has 1 fully saturated rings. The molecule has 0 N–H and O–H groups in total. The Morgan fingerprint density at radius 2 is 1.58 bits per heavy atom. The van der Waals surface area contributed by atoms with Crippen molar-refractivity contribution in [2.24, 2.45) is 0 Å². The first-order valence-electron chi connectivity index (χ1n) is 8.90. The number of fused-ring (bicyclic) bond motifs is 2. The van der Waals surface area contributed by atoms with Crippen molar-refractivity contribution < 1.29 is 0 Å². The molecule has 2 aromatic carbocycles. The summed E-state index contributed by atoms with van der Waals surface area (Å²) in [5, 5.41) is 13.5. The van der Waals surface area contributed by atoms with E-state index in [0.29, 0.717) is 0 Å². The molecule has 0 bridgehead atoms. The second-order valence-corrected chi connectivity index (χ2v) is 6.73. The lowest BCUT2D eigenvalue weighted by atomic mass is 9.93. The van der Waals surface area contributed by atoms with Crippen LogP contribution in [0, 0.1) is 11.3 Å². The van der Waals surface area contributed by atoms with Crippen molar-refractivity contribution in [2.75, 3.05) is 33.2 Å². The number of allylic oxidation sites excluding steroid dienone is 1. The topological polar surface area (TPSA) is 33.9 Å². The minimum absolute atomic E-state index is 0.983. The van der Waals surface area contributed by atoms with Gasteiger partial charge in [-0.3, -0.25) is 0 Å². The fourth-order valence-corrected chi connectivity index (χ4v) is 3.74. The van der Waals surface area contributed by atoms with Gasteiger partial charge in [0.15, 0.2) is 0 Å². The van der Waals surface area contributed by atoms with E-state index < -0.39 is 0 Å². The van der Waals surface area contributed by atoms with Crippen molar-refractivity contribution >= 4 is 17.3 Å². The summed E-state index contributed by atoms with van der Waals surface area (Å²) in [5.41, 5.74) is 6.77. The predicted octanol–water partition coefficient (Wildman–Crippen LogP) is 4.01. The van der Waals surface area contributed by atoms with Crippen LogP contribution in [0.25, 0.3) is 22.4 Å². The Hall–Kier alpha value is -3.03. The van der Waals surface area contributed by atoms with Gasteiger partial charge in [0.1, 0.15) is 0 Å². The van der Waals surface area contributed by atoms with E-state index in [1.807, 2.05) is 12.1 Å². The van der Waals surface area contributed by atoms with Crippen molar-refractivity contribution in [2.45, 2.75) is 0 Å². The van der Waals surface area contributed by atoms with Crippen LogP contribution in [0.3, 0.4) is 0 Å². The summed E-state index contributed by atoms with van der Waals surface area (Å²) in [7, 11) is 2.17. The van der Waals surface area contributed by atoms with Crippen LogP contribution in [0.15, 0.2) is 54.6 Å². The summed E-state index contributed by atoms with van der Waals surface area (Å²) in [6, 6.07) is 19.2. The van der Waals surface area contributed by atoms with E-state index in [4.69, 9.17) is 0 Å². The highest BCUT2D eigenvalue weighted by Gasteiger charge is 2.24. The van der Waals surface area contributed by atoms with Gasteiger partial charge in [0.25, 0.3) is 0 Å². The SMILES string of the molecule is CN1CCN(C2=Cc3ccccc3/C(=C\C#[N+][O-])c3ccccc32)CC1. The normalized spacial score (nSPS) is 18.3. The molecule has 0 saturated carbocycles. The maximum absolute atomic E-state index is 10.7. The summed E-state index contributed by atoms with van der Waals surface area (Å²) in [5.74, 6) is 0. The molecule has 1 heterocycles. The maximum atomic E-state index is 10.7. The Morgan fingerprint density at radius 3 is 2.31 bits per heavy atom. The molecule has 0 aromatic heterocycles. The third-order valence-electron chi connectivity index (χ3n) is 5.14. The average Bonchev–Trinajstić information content (AvgIpc) is 2.82. The Kier molecular flexibility index (Phi) is 4.47. The smallest absolute Gasteiger partial charge is 0.329 e. The molecule has 4 rings (SSSR count). The van der Waals surface area contributed by atoms with Crippen LogP contribution in [0.5, 0.6) is 0 Å². The summed E-state index contributed by atoms with van der Waals surface area (Å²) < 4.78 is 0. The van der Waals surface area contributed by atoms with E-state index in [1.54, 1.807) is 6.08 Å². The first kappa shape index (κ1) is 16.4. The van der Waals surface area contributed by atoms with Gasteiger partial charge < -0.3 is 15.0 Å². The van der Waals surface area contributed by atoms with Gasteiger partial charge in [0.2, 0.25) is 0 Å². The highest BCUT2D eigenvalue weighted by molar-refractivity contribution is 5.98. The molecule has 1 aliphatic heterocycles. The second kappa shape index (κ2) is 7.07. The van der Waals surface area contributed by atoms with Gasteiger partial charge in [-0.1, -0.05) is 48.5 Å². The zero-order valence-electron chi connectivity index (χ0n) is 14.9. The number of likely N-dealkylation sites (N-methyl/N-ethyl adjacent to an activating group) is 1. The summed E-state index contributed by atoms with van der Waals surface area (Å²) in [4.78, 5) is 4.82. The number of benzene rings is 2. The highest BCUT2D eigenvalue weighted by Crippen LogP contribution is 2.38. The lowest BCUT2D eigenvalue weighted by Gasteiger charge is -2.36. The minimum Gasteiger partial charge on any atom is -0.498 e. The van der Waals surface area contributed by atoms with E-state index >= 15 is 0 Å². The number of hydrogen-bond acceptors (Lipinski definition) is 3. The fraction of sp³-hybridized carbons (Fsp3) is 0.227. The molecule has 4 heteroatoms. The van der Waals surface area contributed by atoms with Gasteiger partial charge in [-0.05, 0) is 29.8 Å². The largest absolute Gasteiger partial charge is 0.498 e. The molecule has 1 saturated heterocycles. The van der Waals surface area contributed by atoms with Gasteiger partial charge in [-0.15, -0.1) is 0 Å². The van der Waals surface area contributed by atoms with E-state index in [2.05, 4.69) is 70.4 Å². The number of piperazine rings is 1. The van der Waals surface area contributed by atoms with Crippen molar-refractivity contribution in [3.05, 3.63) is 87.1 Å². The molecular formula is C22H21N3O. The van der Waals surface area contributed by atoms with E-state index in [1.165, 1.54) is 11.3 Å². The zero-order valence-corrected chi connectivity index (χ0v) is 14.9. The number of nitrogens with zero attached hydrogens (tertiary/aromatic N) is 3. The first-order chi connectivity index (χ1) is 12.8. The first-order valence-corrected chi connectivity index (χ1v) is 8.90. The van der Waals surface area contributed by atoms with Gasteiger partial charge in [-0.25, -0.2) is 0 Å². The van der Waals surface area contributed by atoms with Crippen LogP contribution in [0.2, 0.25) is 0 Å². The van der Waals surface area contributed by atoms with Crippen LogP contribution in [-0.2, 0) is 0 Å². The summed E-state index contributed by atoms with van der Waals surface area (Å²) >= 11 is 0. The van der Waals surface area contributed by atoms with Gasteiger partial charge in [-0.2, -0.15) is 0 Å². The van der Waals surface area contributed by atoms with Gasteiger partial charge >= 0.3 is 6.07 Å². The van der Waals surface area contributed by atoms with Crippen LogP contribution in [0.4, 0.5) is 0 Å². The van der Waals surface area contributed by atoms with Crippen molar-refractivity contribution in [1.82, 2.24) is 9.80 Å². The Morgan fingerprint density at radius 1 is 0.923 bits per heavy atom. The van der Waals surface area contributed by atoms with Crippen LogP contribution >= 0.6 is 0 Å². The molecule has 0 amide bonds. The van der Waals surface area contributed by atoms with Crippen LogP contribution in [0.1, 0.15) is 22.3 Å². The molecule has 2 aromatic rings. The average molecular weight is 343 g/mol. The van der Waals surface area contributed by atoms with E-state index in [-0.39, 0.29) is 0 Å². The van der Waals surface area contributed by atoms with Crippen molar-refractivity contribution in [3.63, 3.8) is 0 Å². The molecule has 2 aliphatic rings. The van der Waals surface area contributed by atoms with Crippen molar-refractivity contribution in [1.29, 1.82) is 0 Å². The molecule has 26 heavy (non-hydrogen) atoms. The summed E-state index contributed by atoms with van der Waals surface area (Å²) in [6.45, 7) is 4.12. The quantitative estimate of drug-likeness (QED) is 0.579. The Bertz CT molecular complexity index is 941. The third-order valence-corrected chi connectivity index (χ3v) is 5.14. The number of hydrogen-bond donors (Lipinski definition) is 0. The zero-order chi connectivity index (χ0) is 17.9. The molecule has 0 spiro atoms. The minimum atomic E-state index is 0.983. The predicted molar refractivity (Wildman–Crippen MR) is 108 cm³/mol. The maximum Gasteiger partial charge on any atom is 0.329 e. The number of rotatable bonds is 1. The highest BCUT2D eigenvalue weighted by atomic mass is 16.4. The van der Waals surface area contributed by atoms with Crippen LogP contribution in [-0.4, -0.2) is 43.0 Å². The Balaban J connectivity index is 1.92. The molecule has 4 nitrogen and oxygen atoms in total. The second-order valence-electron chi connectivity index (χ2n) is 6.73.